The zero-order valence-electron chi connectivity index (χ0n) is 15.8. The van der Waals surface area contributed by atoms with E-state index in [-0.39, 0.29) is 29.9 Å². The van der Waals surface area contributed by atoms with Crippen molar-refractivity contribution in [3.05, 3.63) is 77.2 Å². The van der Waals surface area contributed by atoms with Crippen molar-refractivity contribution in [2.24, 2.45) is 5.92 Å². The topological polar surface area (TPSA) is 97.6 Å². The van der Waals surface area contributed by atoms with Gasteiger partial charge in [-0.05, 0) is 66.6 Å². The molecule has 0 saturated carbocycles. The fraction of sp³-hybridized carbons (Fsp3) is 0.190. The van der Waals surface area contributed by atoms with Crippen molar-refractivity contribution in [1.82, 2.24) is 4.72 Å². The van der Waals surface area contributed by atoms with Crippen LogP contribution in [0.15, 0.2) is 70.2 Å². The molecule has 1 aliphatic heterocycles. The van der Waals surface area contributed by atoms with E-state index in [0.717, 1.165) is 11.3 Å². The van der Waals surface area contributed by atoms with E-state index < -0.39 is 10.0 Å². The summed E-state index contributed by atoms with van der Waals surface area (Å²) in [5.74, 6) is 0.682. The molecule has 2 N–H and O–H groups in total. The van der Waals surface area contributed by atoms with Crippen molar-refractivity contribution < 1.29 is 22.4 Å². The normalized spacial score (nSPS) is 15.8. The molecule has 0 aliphatic carbocycles. The third-order valence-corrected chi connectivity index (χ3v) is 6.40. The van der Waals surface area contributed by atoms with Crippen LogP contribution in [0.2, 0.25) is 5.02 Å². The maximum atomic E-state index is 12.6. The maximum Gasteiger partial charge on any atom is 0.240 e. The van der Waals surface area contributed by atoms with Gasteiger partial charge in [-0.25, -0.2) is 13.1 Å². The van der Waals surface area contributed by atoms with Gasteiger partial charge in [0.2, 0.25) is 15.9 Å². The van der Waals surface area contributed by atoms with Crippen LogP contribution in [0.1, 0.15) is 11.3 Å². The van der Waals surface area contributed by atoms with Crippen LogP contribution in [0.25, 0.3) is 0 Å². The third-order valence-electron chi connectivity index (χ3n) is 4.75. The largest absolute Gasteiger partial charge is 0.492 e. The Morgan fingerprint density at radius 1 is 1.13 bits per heavy atom. The lowest BCUT2D eigenvalue weighted by Gasteiger charge is -2.24. The summed E-state index contributed by atoms with van der Waals surface area (Å²) in [6, 6.07) is 14.7. The highest BCUT2D eigenvalue weighted by Gasteiger charge is 2.26. The highest BCUT2D eigenvalue weighted by molar-refractivity contribution is 7.89. The molecule has 0 fully saturated rings. The third kappa shape index (κ3) is 4.67. The van der Waals surface area contributed by atoms with E-state index in [0.29, 0.717) is 22.9 Å². The van der Waals surface area contributed by atoms with Gasteiger partial charge in [-0.3, -0.25) is 4.79 Å². The molecule has 0 spiro atoms. The smallest absolute Gasteiger partial charge is 0.240 e. The van der Waals surface area contributed by atoms with Gasteiger partial charge in [0.1, 0.15) is 18.1 Å². The number of carbonyl (C=O) groups is 1. The van der Waals surface area contributed by atoms with Crippen molar-refractivity contribution in [3.8, 4) is 5.75 Å². The summed E-state index contributed by atoms with van der Waals surface area (Å²) in [7, 11) is -3.69. The van der Waals surface area contributed by atoms with Crippen molar-refractivity contribution in [2.75, 3.05) is 11.9 Å². The monoisotopic (exact) mass is 446 g/mol. The van der Waals surface area contributed by atoms with Crippen molar-refractivity contribution in [2.45, 2.75) is 17.9 Å². The zero-order valence-corrected chi connectivity index (χ0v) is 17.4. The molecule has 9 heteroatoms. The van der Waals surface area contributed by atoms with Crippen molar-refractivity contribution in [1.29, 1.82) is 0 Å². The van der Waals surface area contributed by atoms with E-state index in [9.17, 15) is 13.2 Å². The summed E-state index contributed by atoms with van der Waals surface area (Å²) >= 11 is 6.02. The summed E-state index contributed by atoms with van der Waals surface area (Å²) in [4.78, 5) is 12.7. The number of rotatable bonds is 6. The molecule has 1 unspecified atom stereocenters. The Morgan fingerprint density at radius 2 is 1.93 bits per heavy atom. The summed E-state index contributed by atoms with van der Waals surface area (Å²) in [5, 5.41) is 3.40. The molecule has 2 aromatic carbocycles. The fourth-order valence-electron chi connectivity index (χ4n) is 3.16. The number of halogens is 1. The summed E-state index contributed by atoms with van der Waals surface area (Å²) < 4.78 is 38.0. The minimum atomic E-state index is -3.69. The SMILES string of the molecule is O=C(Nc1ccc(S(=O)(=O)NCc2ccco2)cc1)C1COc2ccc(Cl)cc2C1. The van der Waals surface area contributed by atoms with E-state index in [2.05, 4.69) is 10.0 Å². The van der Waals surface area contributed by atoms with Gasteiger partial charge < -0.3 is 14.5 Å². The number of sulfonamides is 1. The van der Waals surface area contributed by atoms with Crippen molar-refractivity contribution in [3.63, 3.8) is 0 Å². The van der Waals surface area contributed by atoms with Crippen LogP contribution in [0.3, 0.4) is 0 Å². The predicted octanol–water partition coefficient (Wildman–Crippen LogP) is 3.60. The van der Waals surface area contributed by atoms with E-state index >= 15 is 0 Å². The molecule has 156 valence electrons. The molecule has 1 aliphatic rings. The van der Waals surface area contributed by atoms with Crippen LogP contribution in [0.4, 0.5) is 5.69 Å². The van der Waals surface area contributed by atoms with Gasteiger partial charge in [-0.15, -0.1) is 0 Å². The van der Waals surface area contributed by atoms with Crippen LogP contribution in [-0.2, 0) is 27.8 Å². The summed E-state index contributed by atoms with van der Waals surface area (Å²) in [6.07, 6.45) is 2.00. The summed E-state index contributed by atoms with van der Waals surface area (Å²) in [5.41, 5.74) is 1.39. The number of ether oxygens (including phenoxy) is 1. The Labute approximate surface area is 179 Å². The van der Waals surface area contributed by atoms with Gasteiger partial charge in [0.05, 0.1) is 23.6 Å². The first kappa shape index (κ1) is 20.5. The van der Waals surface area contributed by atoms with Crippen LogP contribution in [0.5, 0.6) is 5.75 Å². The van der Waals surface area contributed by atoms with Gasteiger partial charge in [0.15, 0.2) is 0 Å². The number of hydrogen-bond donors (Lipinski definition) is 2. The van der Waals surface area contributed by atoms with E-state index in [1.807, 2.05) is 0 Å². The van der Waals surface area contributed by atoms with Gasteiger partial charge >= 0.3 is 0 Å². The van der Waals surface area contributed by atoms with E-state index in [1.54, 1.807) is 42.5 Å². The molecule has 0 saturated heterocycles. The first-order valence-electron chi connectivity index (χ1n) is 9.25. The van der Waals surface area contributed by atoms with Gasteiger partial charge in [0.25, 0.3) is 0 Å². The average Bonchev–Trinajstić information content (AvgIpc) is 3.26. The quantitative estimate of drug-likeness (QED) is 0.603. The number of hydrogen-bond acceptors (Lipinski definition) is 5. The maximum absolute atomic E-state index is 12.6. The average molecular weight is 447 g/mol. The second kappa shape index (κ2) is 8.51. The molecule has 2 heterocycles. The number of anilines is 1. The van der Waals surface area contributed by atoms with Crippen LogP contribution in [0, 0.1) is 5.92 Å². The molecular formula is C21H19ClN2O5S. The molecule has 3 aromatic rings. The molecule has 1 atom stereocenters. The van der Waals surface area contributed by atoms with E-state index in [4.69, 9.17) is 20.8 Å². The highest BCUT2D eigenvalue weighted by Crippen LogP contribution is 2.30. The number of fused-ring (bicyclic) bond motifs is 1. The van der Waals surface area contributed by atoms with Gasteiger partial charge in [-0.2, -0.15) is 0 Å². The number of amides is 1. The molecular weight excluding hydrogens is 428 g/mol. The molecule has 4 rings (SSSR count). The van der Waals surface area contributed by atoms with Crippen LogP contribution >= 0.6 is 11.6 Å². The lowest BCUT2D eigenvalue weighted by Crippen LogP contribution is -2.32. The summed E-state index contributed by atoms with van der Waals surface area (Å²) in [6.45, 7) is 0.324. The zero-order chi connectivity index (χ0) is 21.1. The highest BCUT2D eigenvalue weighted by atomic mass is 35.5. The predicted molar refractivity (Wildman–Crippen MR) is 112 cm³/mol. The lowest BCUT2D eigenvalue weighted by atomic mass is 9.96. The Balaban J connectivity index is 1.38. The van der Waals surface area contributed by atoms with Gasteiger partial charge in [0, 0.05) is 10.7 Å². The Bertz CT molecular complexity index is 1140. The lowest BCUT2D eigenvalue weighted by molar-refractivity contribution is -0.121. The number of furan rings is 1. The molecule has 1 amide bonds. The second-order valence-corrected chi connectivity index (χ2v) is 9.09. The molecule has 7 nitrogen and oxygen atoms in total. The second-order valence-electron chi connectivity index (χ2n) is 6.88. The standard InChI is InChI=1S/C21H19ClN2O5S/c22-16-3-8-20-14(11-16)10-15(13-29-20)21(25)24-17-4-6-19(7-5-17)30(26,27)23-12-18-2-1-9-28-18/h1-9,11,15,23H,10,12-13H2,(H,24,25). The Morgan fingerprint density at radius 3 is 2.67 bits per heavy atom. The first-order chi connectivity index (χ1) is 14.4. The molecule has 0 radical (unpaired) electrons. The molecule has 30 heavy (non-hydrogen) atoms. The number of carbonyl (C=O) groups excluding carboxylic acids is 1. The van der Waals surface area contributed by atoms with Crippen molar-refractivity contribution >= 4 is 33.2 Å². The Kier molecular flexibility index (Phi) is 5.80. The number of nitrogens with one attached hydrogen (secondary N) is 2. The molecule has 1 aromatic heterocycles. The van der Waals surface area contributed by atoms with Gasteiger partial charge in [-0.1, -0.05) is 11.6 Å². The number of benzene rings is 2. The first-order valence-corrected chi connectivity index (χ1v) is 11.1. The van der Waals surface area contributed by atoms with Crippen LogP contribution < -0.4 is 14.8 Å². The molecule has 0 bridgehead atoms. The minimum Gasteiger partial charge on any atom is -0.492 e. The van der Waals surface area contributed by atoms with E-state index in [1.165, 1.54) is 18.4 Å². The Hall–Kier alpha value is -2.81. The van der Waals surface area contributed by atoms with Crippen LogP contribution in [-0.4, -0.2) is 20.9 Å². The minimum absolute atomic E-state index is 0.0565. The fourth-order valence-corrected chi connectivity index (χ4v) is 4.34.